The molecule has 0 amide bonds. The first-order valence-corrected chi connectivity index (χ1v) is 7.89. The van der Waals surface area contributed by atoms with E-state index in [0.29, 0.717) is 18.2 Å². The predicted molar refractivity (Wildman–Crippen MR) is 87.2 cm³/mol. The van der Waals surface area contributed by atoms with Crippen molar-refractivity contribution in [2.24, 2.45) is 0 Å². The standard InChI is InChI=1S/C16H26N4O2/c1-4-22-16(21)14-5-6-15(18-12-14)17-11-13(2)20-9-7-19(3)8-10-20/h5-6,12-13H,4,7-11H2,1-3H3,(H,17,18). The molecular formula is C16H26N4O2. The van der Waals surface area contributed by atoms with Gasteiger partial charge in [0.2, 0.25) is 0 Å². The van der Waals surface area contributed by atoms with Gasteiger partial charge in [-0.1, -0.05) is 0 Å². The van der Waals surface area contributed by atoms with Crippen molar-refractivity contribution in [2.45, 2.75) is 19.9 Å². The Balaban J connectivity index is 1.80. The van der Waals surface area contributed by atoms with Gasteiger partial charge in [-0.25, -0.2) is 9.78 Å². The topological polar surface area (TPSA) is 57.7 Å². The molecule has 6 nitrogen and oxygen atoms in total. The molecule has 1 aromatic heterocycles. The van der Waals surface area contributed by atoms with Gasteiger partial charge in [0.05, 0.1) is 12.2 Å². The fourth-order valence-corrected chi connectivity index (χ4v) is 2.48. The maximum atomic E-state index is 11.6. The number of hydrogen-bond acceptors (Lipinski definition) is 6. The zero-order chi connectivity index (χ0) is 15.9. The van der Waals surface area contributed by atoms with Crippen molar-refractivity contribution in [1.82, 2.24) is 14.8 Å². The lowest BCUT2D eigenvalue weighted by molar-refractivity contribution is 0.0526. The molecule has 1 saturated heterocycles. The Hall–Kier alpha value is -1.66. The summed E-state index contributed by atoms with van der Waals surface area (Å²) in [6.45, 7) is 9.69. The number of pyridine rings is 1. The molecule has 0 spiro atoms. The molecule has 22 heavy (non-hydrogen) atoms. The lowest BCUT2D eigenvalue weighted by atomic mass is 10.2. The van der Waals surface area contributed by atoms with Crippen LogP contribution < -0.4 is 5.32 Å². The summed E-state index contributed by atoms with van der Waals surface area (Å²) in [4.78, 5) is 20.7. The number of anilines is 1. The van der Waals surface area contributed by atoms with Crippen molar-refractivity contribution >= 4 is 11.8 Å². The van der Waals surface area contributed by atoms with Crippen molar-refractivity contribution in [2.75, 3.05) is 51.7 Å². The number of hydrogen-bond donors (Lipinski definition) is 1. The first-order chi connectivity index (χ1) is 10.6. The van der Waals surface area contributed by atoms with E-state index in [1.165, 1.54) is 0 Å². The third kappa shape index (κ3) is 4.68. The van der Waals surface area contributed by atoms with E-state index in [0.717, 1.165) is 38.5 Å². The largest absolute Gasteiger partial charge is 0.462 e. The normalized spacial score (nSPS) is 18.0. The Kier molecular flexibility index (Phi) is 6.15. The van der Waals surface area contributed by atoms with Crippen LogP contribution in [0.1, 0.15) is 24.2 Å². The van der Waals surface area contributed by atoms with Gasteiger partial charge in [-0.15, -0.1) is 0 Å². The van der Waals surface area contributed by atoms with Gasteiger partial charge in [-0.05, 0) is 33.0 Å². The van der Waals surface area contributed by atoms with E-state index >= 15 is 0 Å². The first kappa shape index (κ1) is 16.7. The number of aromatic nitrogens is 1. The van der Waals surface area contributed by atoms with E-state index < -0.39 is 0 Å². The highest BCUT2D eigenvalue weighted by molar-refractivity contribution is 5.89. The summed E-state index contributed by atoms with van der Waals surface area (Å²) in [5, 5.41) is 3.33. The molecule has 122 valence electrons. The molecule has 1 aliphatic rings. The van der Waals surface area contributed by atoms with Crippen LogP contribution in [0.5, 0.6) is 0 Å². The number of carbonyl (C=O) groups is 1. The number of piperazine rings is 1. The molecule has 0 aliphatic carbocycles. The maximum absolute atomic E-state index is 11.6. The van der Waals surface area contributed by atoms with Gasteiger partial charge in [-0.2, -0.15) is 0 Å². The van der Waals surface area contributed by atoms with E-state index in [-0.39, 0.29) is 5.97 Å². The molecule has 1 N–H and O–H groups in total. The van der Waals surface area contributed by atoms with Crippen molar-refractivity contribution in [3.05, 3.63) is 23.9 Å². The molecule has 1 aliphatic heterocycles. The smallest absolute Gasteiger partial charge is 0.339 e. The summed E-state index contributed by atoms with van der Waals surface area (Å²) in [5.41, 5.74) is 0.486. The van der Waals surface area contributed by atoms with E-state index in [9.17, 15) is 4.79 Å². The summed E-state index contributed by atoms with van der Waals surface area (Å²) in [5.74, 6) is 0.460. The third-order valence-corrected chi connectivity index (χ3v) is 4.01. The Morgan fingerprint density at radius 1 is 1.36 bits per heavy atom. The van der Waals surface area contributed by atoms with Crippen LogP contribution in [0, 0.1) is 0 Å². The average Bonchev–Trinajstić information content (AvgIpc) is 2.54. The first-order valence-electron chi connectivity index (χ1n) is 7.89. The SMILES string of the molecule is CCOC(=O)c1ccc(NCC(C)N2CCN(C)CC2)nc1. The van der Waals surface area contributed by atoms with Crippen LogP contribution in [-0.4, -0.2) is 73.2 Å². The zero-order valence-corrected chi connectivity index (χ0v) is 13.7. The third-order valence-electron chi connectivity index (χ3n) is 4.01. The predicted octanol–water partition coefficient (Wildman–Crippen LogP) is 1.31. The number of esters is 1. The molecule has 1 fully saturated rings. The van der Waals surface area contributed by atoms with Gasteiger partial charge >= 0.3 is 5.97 Å². The summed E-state index contributed by atoms with van der Waals surface area (Å²) in [7, 11) is 2.16. The quantitative estimate of drug-likeness (QED) is 0.800. The Bertz CT molecular complexity index is 470. The number of likely N-dealkylation sites (N-methyl/N-ethyl adjacent to an activating group) is 1. The fraction of sp³-hybridized carbons (Fsp3) is 0.625. The van der Waals surface area contributed by atoms with Crippen molar-refractivity contribution in [3.8, 4) is 0 Å². The van der Waals surface area contributed by atoms with Crippen molar-refractivity contribution in [1.29, 1.82) is 0 Å². The molecule has 1 atom stereocenters. The minimum atomic E-state index is -0.327. The number of nitrogens with one attached hydrogen (secondary N) is 1. The van der Waals surface area contributed by atoms with Crippen LogP contribution in [0.2, 0.25) is 0 Å². The molecule has 6 heteroatoms. The van der Waals surface area contributed by atoms with Crippen LogP contribution in [0.4, 0.5) is 5.82 Å². The van der Waals surface area contributed by atoms with E-state index in [2.05, 4.69) is 34.1 Å². The lowest BCUT2D eigenvalue weighted by Crippen LogP contribution is -2.49. The molecule has 0 bridgehead atoms. The summed E-state index contributed by atoms with van der Waals surface area (Å²) in [6, 6.07) is 4.02. The Labute approximate surface area is 132 Å². The Morgan fingerprint density at radius 3 is 2.68 bits per heavy atom. The van der Waals surface area contributed by atoms with Crippen LogP contribution in [0.15, 0.2) is 18.3 Å². The number of rotatable bonds is 6. The molecule has 0 radical (unpaired) electrons. The minimum Gasteiger partial charge on any atom is -0.462 e. The van der Waals surface area contributed by atoms with E-state index in [4.69, 9.17) is 4.74 Å². The number of nitrogens with zero attached hydrogens (tertiary/aromatic N) is 3. The van der Waals surface area contributed by atoms with Gasteiger partial charge in [0.15, 0.2) is 0 Å². The highest BCUT2D eigenvalue weighted by Gasteiger charge is 2.18. The van der Waals surface area contributed by atoms with Gasteiger partial charge in [0.1, 0.15) is 5.82 Å². The van der Waals surface area contributed by atoms with Gasteiger partial charge in [-0.3, -0.25) is 4.90 Å². The molecule has 0 aromatic carbocycles. The molecular weight excluding hydrogens is 280 g/mol. The van der Waals surface area contributed by atoms with Crippen molar-refractivity contribution < 1.29 is 9.53 Å². The second-order valence-corrected chi connectivity index (χ2v) is 5.72. The maximum Gasteiger partial charge on any atom is 0.339 e. The fourth-order valence-electron chi connectivity index (χ4n) is 2.48. The van der Waals surface area contributed by atoms with Gasteiger partial charge < -0.3 is 15.0 Å². The molecule has 2 heterocycles. The monoisotopic (exact) mass is 306 g/mol. The Morgan fingerprint density at radius 2 is 2.09 bits per heavy atom. The molecule has 1 unspecified atom stereocenters. The molecule has 1 aromatic rings. The van der Waals surface area contributed by atoms with Crippen LogP contribution in [-0.2, 0) is 4.74 Å². The van der Waals surface area contributed by atoms with Crippen LogP contribution in [0.3, 0.4) is 0 Å². The highest BCUT2D eigenvalue weighted by Crippen LogP contribution is 2.09. The summed E-state index contributed by atoms with van der Waals surface area (Å²) >= 11 is 0. The van der Waals surface area contributed by atoms with Crippen molar-refractivity contribution in [3.63, 3.8) is 0 Å². The van der Waals surface area contributed by atoms with E-state index in [1.54, 1.807) is 19.2 Å². The second-order valence-electron chi connectivity index (χ2n) is 5.72. The minimum absolute atomic E-state index is 0.327. The van der Waals surface area contributed by atoms with Gasteiger partial charge in [0.25, 0.3) is 0 Å². The van der Waals surface area contributed by atoms with Gasteiger partial charge in [0, 0.05) is 45.0 Å². The number of carbonyl (C=O) groups excluding carboxylic acids is 1. The second kappa shape index (κ2) is 8.10. The zero-order valence-electron chi connectivity index (χ0n) is 13.7. The number of ether oxygens (including phenoxy) is 1. The van der Waals surface area contributed by atoms with Crippen LogP contribution in [0.25, 0.3) is 0 Å². The summed E-state index contributed by atoms with van der Waals surface area (Å²) < 4.78 is 4.94. The average molecular weight is 306 g/mol. The van der Waals surface area contributed by atoms with E-state index in [1.807, 2.05) is 6.07 Å². The molecule has 2 rings (SSSR count). The molecule has 0 saturated carbocycles. The highest BCUT2D eigenvalue weighted by atomic mass is 16.5. The van der Waals surface area contributed by atoms with Crippen LogP contribution >= 0.6 is 0 Å². The summed E-state index contributed by atoms with van der Waals surface area (Å²) in [6.07, 6.45) is 1.56. The lowest BCUT2D eigenvalue weighted by Gasteiger charge is -2.36.